The van der Waals surface area contributed by atoms with E-state index < -0.39 is 0 Å². The topological polar surface area (TPSA) is 9.86 Å². The first-order chi connectivity index (χ1) is 25.8. The molecule has 3 heterocycles. The fourth-order valence-electron chi connectivity index (χ4n) is 8.34. The SMILES string of the molecule is c1ccc(-n2c3ccccc3c3cc(-c4ccc5c(c4)c4ccccc4n5-c4ccc(-c5ccc6c(c5)-c5ccccc5SC6)cc4)ccc32)cc1. The smallest absolute Gasteiger partial charge is 0.0541 e. The average Bonchev–Trinajstić information content (AvgIpc) is 3.73. The first-order valence-electron chi connectivity index (χ1n) is 17.9. The Labute approximate surface area is 306 Å². The third-order valence-electron chi connectivity index (χ3n) is 10.8. The Morgan fingerprint density at radius 1 is 0.346 bits per heavy atom. The lowest BCUT2D eigenvalue weighted by molar-refractivity contribution is 1.18. The minimum Gasteiger partial charge on any atom is -0.309 e. The van der Waals surface area contributed by atoms with E-state index in [2.05, 4.69) is 191 Å². The zero-order chi connectivity index (χ0) is 34.2. The molecule has 2 aromatic heterocycles. The van der Waals surface area contributed by atoms with E-state index >= 15 is 0 Å². The van der Waals surface area contributed by atoms with Gasteiger partial charge in [-0.1, -0.05) is 109 Å². The number of hydrogen-bond acceptors (Lipinski definition) is 1. The second-order valence-electron chi connectivity index (χ2n) is 13.7. The van der Waals surface area contributed by atoms with Gasteiger partial charge in [0.25, 0.3) is 0 Å². The Morgan fingerprint density at radius 2 is 0.846 bits per heavy atom. The molecule has 10 aromatic rings. The Balaban J connectivity index is 1.00. The summed E-state index contributed by atoms with van der Waals surface area (Å²) in [4.78, 5) is 1.37. The van der Waals surface area contributed by atoms with Crippen LogP contribution in [0.15, 0.2) is 187 Å². The van der Waals surface area contributed by atoms with Crippen LogP contribution in [-0.2, 0) is 5.75 Å². The quantitative estimate of drug-likeness (QED) is 0.180. The zero-order valence-corrected chi connectivity index (χ0v) is 29.1. The minimum absolute atomic E-state index is 1.02. The Morgan fingerprint density at radius 3 is 1.52 bits per heavy atom. The van der Waals surface area contributed by atoms with Gasteiger partial charge in [0.05, 0.1) is 22.1 Å². The van der Waals surface area contributed by atoms with E-state index in [0.29, 0.717) is 0 Å². The molecular weight excluding hydrogens is 649 g/mol. The van der Waals surface area contributed by atoms with Gasteiger partial charge in [-0.3, -0.25) is 0 Å². The molecule has 0 saturated heterocycles. The van der Waals surface area contributed by atoms with Crippen LogP contribution in [0.25, 0.3) is 88.4 Å². The van der Waals surface area contributed by atoms with Crippen molar-refractivity contribution in [3.63, 3.8) is 0 Å². The van der Waals surface area contributed by atoms with E-state index in [9.17, 15) is 0 Å². The van der Waals surface area contributed by atoms with Gasteiger partial charge in [-0.05, 0) is 112 Å². The largest absolute Gasteiger partial charge is 0.309 e. The van der Waals surface area contributed by atoms with Crippen LogP contribution in [0.2, 0.25) is 0 Å². The molecule has 0 radical (unpaired) electrons. The zero-order valence-electron chi connectivity index (χ0n) is 28.3. The molecule has 0 spiro atoms. The van der Waals surface area contributed by atoms with E-state index in [-0.39, 0.29) is 0 Å². The third-order valence-corrected chi connectivity index (χ3v) is 11.9. The molecule has 0 fully saturated rings. The second kappa shape index (κ2) is 11.6. The number of hydrogen-bond donors (Lipinski definition) is 0. The van der Waals surface area contributed by atoms with E-state index in [1.165, 1.54) is 93.1 Å². The summed E-state index contributed by atoms with van der Waals surface area (Å²) in [5.74, 6) is 1.02. The molecule has 0 bridgehead atoms. The van der Waals surface area contributed by atoms with Gasteiger partial charge in [0.2, 0.25) is 0 Å². The second-order valence-corrected chi connectivity index (χ2v) is 14.7. The maximum absolute atomic E-state index is 2.41. The third kappa shape index (κ3) is 4.53. The monoisotopic (exact) mass is 680 g/mol. The van der Waals surface area contributed by atoms with Gasteiger partial charge in [0, 0.05) is 43.6 Å². The molecule has 0 N–H and O–H groups in total. The van der Waals surface area contributed by atoms with Crippen molar-refractivity contribution in [1.82, 2.24) is 9.13 Å². The molecule has 52 heavy (non-hydrogen) atoms. The van der Waals surface area contributed by atoms with Crippen molar-refractivity contribution in [2.75, 3.05) is 0 Å². The number of thioether (sulfide) groups is 1. The lowest BCUT2D eigenvalue weighted by Crippen LogP contribution is -1.97. The normalized spacial score (nSPS) is 12.5. The van der Waals surface area contributed by atoms with Crippen molar-refractivity contribution in [2.24, 2.45) is 0 Å². The predicted octanol–water partition coefficient (Wildman–Crippen LogP) is 13.5. The molecule has 8 aromatic carbocycles. The molecule has 0 aliphatic carbocycles. The maximum Gasteiger partial charge on any atom is 0.0541 e. The summed E-state index contributed by atoms with van der Waals surface area (Å²) in [5, 5.41) is 5.05. The molecule has 1 aliphatic heterocycles. The number of para-hydroxylation sites is 3. The van der Waals surface area contributed by atoms with Gasteiger partial charge in [0.15, 0.2) is 0 Å². The Bertz CT molecular complexity index is 3000. The van der Waals surface area contributed by atoms with Crippen LogP contribution >= 0.6 is 11.8 Å². The van der Waals surface area contributed by atoms with Crippen molar-refractivity contribution in [2.45, 2.75) is 10.6 Å². The van der Waals surface area contributed by atoms with Crippen molar-refractivity contribution in [3.05, 3.63) is 188 Å². The van der Waals surface area contributed by atoms with Gasteiger partial charge < -0.3 is 9.13 Å². The van der Waals surface area contributed by atoms with Crippen molar-refractivity contribution < 1.29 is 0 Å². The fourth-order valence-corrected chi connectivity index (χ4v) is 9.42. The molecule has 1 aliphatic rings. The summed E-state index contributed by atoms with van der Waals surface area (Å²) < 4.78 is 4.79. The van der Waals surface area contributed by atoms with Crippen LogP contribution in [-0.4, -0.2) is 9.13 Å². The highest BCUT2D eigenvalue weighted by atomic mass is 32.2. The molecule has 11 rings (SSSR count). The van der Waals surface area contributed by atoms with E-state index in [1.807, 2.05) is 11.8 Å². The standard InChI is InChI=1S/C49H32N2S/c1-2-10-37(11-3-1)50-45-15-7-4-12-39(45)43-29-34(22-26-47(43)50)35-23-27-48-44(30-35)40-13-5-8-16-46(40)51(48)38-24-20-32(21-25-38)33-18-19-36-31-52-49-17-9-6-14-41(49)42(36)28-33/h1-30H,31H2. The molecule has 244 valence electrons. The van der Waals surface area contributed by atoms with Gasteiger partial charge in [-0.15, -0.1) is 11.8 Å². The molecule has 3 heteroatoms. The molecule has 0 unspecified atom stereocenters. The number of benzene rings is 8. The number of fused-ring (bicyclic) bond motifs is 9. The minimum atomic E-state index is 1.02. The van der Waals surface area contributed by atoms with Gasteiger partial charge in [-0.2, -0.15) is 0 Å². The Kier molecular flexibility index (Phi) is 6.58. The van der Waals surface area contributed by atoms with Crippen molar-refractivity contribution in [1.29, 1.82) is 0 Å². The van der Waals surface area contributed by atoms with Crippen LogP contribution < -0.4 is 0 Å². The number of nitrogens with zero attached hydrogens (tertiary/aromatic N) is 2. The summed E-state index contributed by atoms with van der Waals surface area (Å²) in [6, 6.07) is 66.9. The molecular formula is C49H32N2S. The predicted molar refractivity (Wildman–Crippen MR) is 221 cm³/mol. The lowest BCUT2D eigenvalue weighted by Gasteiger charge is -2.20. The van der Waals surface area contributed by atoms with Crippen molar-refractivity contribution in [3.8, 4) is 44.8 Å². The molecule has 2 nitrogen and oxygen atoms in total. The summed E-state index contributed by atoms with van der Waals surface area (Å²) in [7, 11) is 0. The molecule has 0 atom stereocenters. The summed E-state index contributed by atoms with van der Waals surface area (Å²) in [6.07, 6.45) is 0. The lowest BCUT2D eigenvalue weighted by atomic mass is 9.94. The summed E-state index contributed by atoms with van der Waals surface area (Å²) >= 11 is 1.93. The molecule has 0 saturated carbocycles. The van der Waals surface area contributed by atoms with Crippen molar-refractivity contribution >= 4 is 55.4 Å². The van der Waals surface area contributed by atoms with E-state index in [0.717, 1.165) is 11.4 Å². The van der Waals surface area contributed by atoms with Crippen LogP contribution in [0.3, 0.4) is 0 Å². The first-order valence-corrected chi connectivity index (χ1v) is 18.9. The van der Waals surface area contributed by atoms with Gasteiger partial charge in [-0.25, -0.2) is 0 Å². The highest BCUT2D eigenvalue weighted by Gasteiger charge is 2.18. The van der Waals surface area contributed by atoms with Crippen LogP contribution in [0.1, 0.15) is 5.56 Å². The van der Waals surface area contributed by atoms with E-state index in [1.54, 1.807) is 0 Å². The summed E-state index contributed by atoms with van der Waals surface area (Å²) in [5.41, 5.74) is 16.2. The number of aromatic nitrogens is 2. The molecule has 0 amide bonds. The maximum atomic E-state index is 2.41. The van der Waals surface area contributed by atoms with Crippen LogP contribution in [0.4, 0.5) is 0 Å². The highest BCUT2D eigenvalue weighted by Crippen LogP contribution is 2.43. The first kappa shape index (κ1) is 29.4. The van der Waals surface area contributed by atoms with Crippen LogP contribution in [0.5, 0.6) is 0 Å². The highest BCUT2D eigenvalue weighted by molar-refractivity contribution is 7.98. The fraction of sp³-hybridized carbons (Fsp3) is 0.0204. The average molecular weight is 681 g/mol. The number of rotatable bonds is 4. The Hall–Kier alpha value is -6.29. The van der Waals surface area contributed by atoms with Gasteiger partial charge in [0.1, 0.15) is 0 Å². The van der Waals surface area contributed by atoms with Gasteiger partial charge >= 0.3 is 0 Å². The van der Waals surface area contributed by atoms with Crippen LogP contribution in [0, 0.1) is 0 Å². The van der Waals surface area contributed by atoms with E-state index in [4.69, 9.17) is 0 Å². The summed E-state index contributed by atoms with van der Waals surface area (Å²) in [6.45, 7) is 0.